The molecule has 8 heteroatoms. The van der Waals surface area contributed by atoms with Crippen molar-refractivity contribution >= 4 is 17.6 Å². The lowest BCUT2D eigenvalue weighted by Crippen LogP contribution is -1.97. The van der Waals surface area contributed by atoms with Crippen molar-refractivity contribution in [2.24, 2.45) is 0 Å². The monoisotopic (exact) mass is 312 g/mol. The van der Waals surface area contributed by atoms with Crippen LogP contribution in [0.15, 0.2) is 12.1 Å². The summed E-state index contributed by atoms with van der Waals surface area (Å²) < 4.78 is 15.7. The van der Waals surface area contributed by atoms with Crippen LogP contribution < -0.4 is 14.2 Å². The van der Waals surface area contributed by atoms with Crippen molar-refractivity contribution in [1.29, 1.82) is 0 Å². The van der Waals surface area contributed by atoms with E-state index in [2.05, 4.69) is 10.2 Å². The molecule has 0 unspecified atom stereocenters. The van der Waals surface area contributed by atoms with Crippen LogP contribution in [0.4, 0.5) is 0 Å². The predicted molar refractivity (Wildman–Crippen MR) is 75.6 cm³/mol. The number of halogens is 1. The standard InChI is InChI=1S/C13H13ClN2O5/c1-19-9-4-6(7-5-8(13(17)18)16-15-7)11(20-2)10(14)12(9)21-3/h4-5H,1-3H3,(H,15,16)(H,17,18). The molecular weight excluding hydrogens is 300 g/mol. The van der Waals surface area contributed by atoms with E-state index < -0.39 is 5.97 Å². The summed E-state index contributed by atoms with van der Waals surface area (Å²) in [5.74, 6) is -0.0796. The molecule has 0 aliphatic heterocycles. The maximum Gasteiger partial charge on any atom is 0.353 e. The highest BCUT2D eigenvalue weighted by atomic mass is 35.5. The number of methoxy groups -OCH3 is 3. The number of carbonyl (C=O) groups is 1. The van der Waals surface area contributed by atoms with E-state index in [1.54, 1.807) is 6.07 Å². The van der Waals surface area contributed by atoms with Gasteiger partial charge in [0.05, 0.1) is 27.0 Å². The molecule has 0 spiro atoms. The second kappa shape index (κ2) is 5.92. The largest absolute Gasteiger partial charge is 0.494 e. The van der Waals surface area contributed by atoms with Crippen LogP contribution in [-0.2, 0) is 0 Å². The van der Waals surface area contributed by atoms with Crippen molar-refractivity contribution in [3.63, 3.8) is 0 Å². The number of carboxylic acid groups (broad SMARTS) is 1. The Morgan fingerprint density at radius 3 is 2.33 bits per heavy atom. The smallest absolute Gasteiger partial charge is 0.353 e. The third-order valence-corrected chi connectivity index (χ3v) is 3.20. The minimum atomic E-state index is -1.11. The SMILES string of the molecule is COc1cc(-c2cc(C(=O)O)[nH]n2)c(OC)c(Cl)c1OC. The van der Waals surface area contributed by atoms with Crippen LogP contribution in [0, 0.1) is 0 Å². The van der Waals surface area contributed by atoms with Crippen LogP contribution in [0.2, 0.25) is 5.02 Å². The Morgan fingerprint density at radius 1 is 1.19 bits per heavy atom. The minimum Gasteiger partial charge on any atom is -0.494 e. The van der Waals surface area contributed by atoms with Gasteiger partial charge in [-0.2, -0.15) is 5.10 Å². The van der Waals surface area contributed by atoms with E-state index in [0.29, 0.717) is 28.5 Å². The number of rotatable bonds is 5. The molecule has 0 fully saturated rings. The Morgan fingerprint density at radius 2 is 1.86 bits per heavy atom. The summed E-state index contributed by atoms with van der Waals surface area (Å²) in [4.78, 5) is 10.9. The Balaban J connectivity index is 2.66. The quantitative estimate of drug-likeness (QED) is 0.880. The number of nitrogens with one attached hydrogen (secondary N) is 1. The van der Waals surface area contributed by atoms with Crippen molar-refractivity contribution in [3.05, 3.63) is 22.8 Å². The number of ether oxygens (including phenoxy) is 3. The van der Waals surface area contributed by atoms with Crippen molar-refractivity contribution in [2.45, 2.75) is 0 Å². The van der Waals surface area contributed by atoms with Gasteiger partial charge in [-0.1, -0.05) is 11.6 Å². The number of carboxylic acids is 1. The van der Waals surface area contributed by atoms with E-state index in [1.165, 1.54) is 27.4 Å². The normalized spacial score (nSPS) is 10.3. The van der Waals surface area contributed by atoms with E-state index in [4.69, 9.17) is 30.9 Å². The first kappa shape index (κ1) is 15.0. The average molecular weight is 313 g/mol. The predicted octanol–water partition coefficient (Wildman–Crippen LogP) is 2.45. The molecule has 2 rings (SSSR count). The molecule has 2 N–H and O–H groups in total. The van der Waals surface area contributed by atoms with Gasteiger partial charge in [-0.15, -0.1) is 0 Å². The lowest BCUT2D eigenvalue weighted by molar-refractivity contribution is 0.0690. The fraction of sp³-hybridized carbons (Fsp3) is 0.231. The number of nitrogens with zero attached hydrogens (tertiary/aromatic N) is 1. The zero-order valence-corrected chi connectivity index (χ0v) is 12.3. The summed E-state index contributed by atoms with van der Waals surface area (Å²) in [6.45, 7) is 0. The van der Waals surface area contributed by atoms with Crippen molar-refractivity contribution in [1.82, 2.24) is 10.2 Å². The number of hydrogen-bond donors (Lipinski definition) is 2. The van der Waals surface area contributed by atoms with Gasteiger partial charge >= 0.3 is 5.97 Å². The highest BCUT2D eigenvalue weighted by Crippen LogP contribution is 2.47. The highest BCUT2D eigenvalue weighted by molar-refractivity contribution is 6.34. The number of H-pyrrole nitrogens is 1. The molecule has 2 aromatic rings. The molecule has 1 aromatic heterocycles. The van der Waals surface area contributed by atoms with Gasteiger partial charge in [-0.05, 0) is 12.1 Å². The van der Waals surface area contributed by atoms with Crippen molar-refractivity contribution in [2.75, 3.05) is 21.3 Å². The van der Waals surface area contributed by atoms with Crippen molar-refractivity contribution < 1.29 is 24.1 Å². The summed E-state index contributed by atoms with van der Waals surface area (Å²) in [5.41, 5.74) is 0.814. The number of hydrogen-bond acceptors (Lipinski definition) is 5. The zero-order valence-electron chi connectivity index (χ0n) is 11.6. The van der Waals surface area contributed by atoms with Crippen LogP contribution >= 0.6 is 11.6 Å². The Kier molecular flexibility index (Phi) is 4.23. The fourth-order valence-electron chi connectivity index (χ4n) is 1.89. The lowest BCUT2D eigenvalue weighted by atomic mass is 10.1. The fourth-order valence-corrected chi connectivity index (χ4v) is 2.24. The third-order valence-electron chi connectivity index (χ3n) is 2.85. The number of aromatic carboxylic acids is 1. The van der Waals surface area contributed by atoms with Gasteiger partial charge < -0.3 is 19.3 Å². The van der Waals surface area contributed by atoms with Crippen LogP contribution in [0.1, 0.15) is 10.5 Å². The van der Waals surface area contributed by atoms with Crippen LogP contribution in [0.3, 0.4) is 0 Å². The highest BCUT2D eigenvalue weighted by Gasteiger charge is 2.22. The first-order valence-corrected chi connectivity index (χ1v) is 6.18. The first-order chi connectivity index (χ1) is 10.0. The van der Waals surface area contributed by atoms with Crippen LogP contribution in [0.25, 0.3) is 11.3 Å². The Bertz CT molecular complexity index is 683. The molecule has 0 amide bonds. The molecule has 1 aromatic carbocycles. The molecule has 1 heterocycles. The molecule has 0 radical (unpaired) electrons. The summed E-state index contributed by atoms with van der Waals surface area (Å²) in [6, 6.07) is 2.99. The molecule has 21 heavy (non-hydrogen) atoms. The van der Waals surface area contributed by atoms with Crippen LogP contribution in [-0.4, -0.2) is 42.6 Å². The van der Waals surface area contributed by atoms with E-state index in [0.717, 1.165) is 0 Å². The topological polar surface area (TPSA) is 93.7 Å². The summed E-state index contributed by atoms with van der Waals surface area (Å²) >= 11 is 6.23. The molecular formula is C13H13ClN2O5. The lowest BCUT2D eigenvalue weighted by Gasteiger charge is -2.15. The molecule has 0 saturated heterocycles. The minimum absolute atomic E-state index is 0.0436. The van der Waals surface area contributed by atoms with E-state index in [9.17, 15) is 4.79 Å². The molecule has 0 bridgehead atoms. The molecule has 0 atom stereocenters. The summed E-state index contributed by atoms with van der Waals surface area (Å²) in [7, 11) is 4.37. The third kappa shape index (κ3) is 2.59. The number of aromatic amines is 1. The molecule has 0 aliphatic carbocycles. The van der Waals surface area contributed by atoms with E-state index in [-0.39, 0.29) is 10.7 Å². The van der Waals surface area contributed by atoms with E-state index in [1.807, 2.05) is 0 Å². The van der Waals surface area contributed by atoms with Crippen molar-refractivity contribution in [3.8, 4) is 28.5 Å². The van der Waals surface area contributed by atoms with Gasteiger partial charge in [0.25, 0.3) is 0 Å². The first-order valence-electron chi connectivity index (χ1n) is 5.81. The van der Waals surface area contributed by atoms with Gasteiger partial charge in [0.2, 0.25) is 0 Å². The second-order valence-electron chi connectivity index (χ2n) is 3.98. The Labute approximate surface area is 125 Å². The van der Waals surface area contributed by atoms with Gasteiger partial charge in [0.1, 0.15) is 10.7 Å². The molecule has 0 aliphatic rings. The van der Waals surface area contributed by atoms with Crippen LogP contribution in [0.5, 0.6) is 17.2 Å². The summed E-state index contributed by atoms with van der Waals surface area (Å²) in [6.07, 6.45) is 0. The molecule has 112 valence electrons. The molecule has 7 nitrogen and oxygen atoms in total. The molecule has 0 saturated carbocycles. The average Bonchev–Trinajstić information content (AvgIpc) is 2.96. The number of benzene rings is 1. The van der Waals surface area contributed by atoms with Gasteiger partial charge in [0.15, 0.2) is 17.2 Å². The second-order valence-corrected chi connectivity index (χ2v) is 4.36. The van der Waals surface area contributed by atoms with Gasteiger partial charge in [0, 0.05) is 5.56 Å². The summed E-state index contributed by atoms with van der Waals surface area (Å²) in [5, 5.41) is 15.5. The van der Waals surface area contributed by atoms with Gasteiger partial charge in [-0.3, -0.25) is 5.10 Å². The van der Waals surface area contributed by atoms with E-state index >= 15 is 0 Å². The maximum atomic E-state index is 10.9. The zero-order chi connectivity index (χ0) is 15.6. The maximum absolute atomic E-state index is 10.9. The number of aromatic nitrogens is 2. The Hall–Kier alpha value is -2.41. The van der Waals surface area contributed by atoms with Gasteiger partial charge in [-0.25, -0.2) is 4.79 Å².